The molecule has 0 saturated carbocycles. The molecule has 0 aliphatic carbocycles. The van der Waals surface area contributed by atoms with Gasteiger partial charge in [-0.2, -0.15) is 0 Å². The second-order valence-electron chi connectivity index (χ2n) is 5.63. The molecule has 0 bridgehead atoms. The van der Waals surface area contributed by atoms with Crippen LogP contribution in [0, 0.1) is 17.0 Å². The first kappa shape index (κ1) is 14.7. The van der Waals surface area contributed by atoms with Gasteiger partial charge in [0.05, 0.1) is 11.0 Å². The summed E-state index contributed by atoms with van der Waals surface area (Å²) in [7, 11) is 0. The number of nitrogens with zero attached hydrogens (tertiary/aromatic N) is 3. The maximum atomic E-state index is 11.1. The molecule has 1 aliphatic heterocycles. The first-order valence-corrected chi connectivity index (χ1v) is 7.10. The number of nitro groups is 1. The molecular formula is C14H22N4O2. The molecule has 1 aromatic heterocycles. The van der Waals surface area contributed by atoms with Gasteiger partial charge in [-0.25, -0.2) is 4.98 Å². The van der Waals surface area contributed by atoms with Crippen LogP contribution in [0.5, 0.6) is 0 Å². The van der Waals surface area contributed by atoms with E-state index < -0.39 is 0 Å². The number of nitrogens with one attached hydrogen (secondary N) is 1. The van der Waals surface area contributed by atoms with Gasteiger partial charge < -0.3 is 10.2 Å². The minimum Gasteiger partial charge on any atom is -0.352 e. The molecule has 1 N–H and O–H groups in total. The van der Waals surface area contributed by atoms with Gasteiger partial charge in [-0.1, -0.05) is 0 Å². The van der Waals surface area contributed by atoms with Crippen LogP contribution in [0.25, 0.3) is 0 Å². The number of hydrogen-bond acceptors (Lipinski definition) is 5. The maximum absolute atomic E-state index is 11.1. The molecule has 2 heterocycles. The van der Waals surface area contributed by atoms with E-state index in [0.717, 1.165) is 19.5 Å². The van der Waals surface area contributed by atoms with E-state index >= 15 is 0 Å². The van der Waals surface area contributed by atoms with Crippen molar-refractivity contribution in [2.45, 2.75) is 45.7 Å². The molecule has 6 nitrogen and oxygen atoms in total. The van der Waals surface area contributed by atoms with Gasteiger partial charge in [-0.3, -0.25) is 10.1 Å². The van der Waals surface area contributed by atoms with Crippen LogP contribution in [-0.4, -0.2) is 35.1 Å². The lowest BCUT2D eigenvalue weighted by Gasteiger charge is -2.30. The minimum atomic E-state index is -0.340. The summed E-state index contributed by atoms with van der Waals surface area (Å²) in [6.45, 7) is 7.78. The monoisotopic (exact) mass is 278 g/mol. The molecule has 0 amide bonds. The summed E-state index contributed by atoms with van der Waals surface area (Å²) in [4.78, 5) is 17.2. The lowest BCUT2D eigenvalue weighted by atomic mass is 10.1. The fourth-order valence-corrected chi connectivity index (χ4v) is 2.58. The van der Waals surface area contributed by atoms with Crippen LogP contribution in [0.3, 0.4) is 0 Å². The van der Waals surface area contributed by atoms with Gasteiger partial charge in [0.15, 0.2) is 0 Å². The summed E-state index contributed by atoms with van der Waals surface area (Å²) in [5, 5.41) is 14.5. The summed E-state index contributed by atoms with van der Waals surface area (Å²) in [5.74, 6) is 0.686. The molecule has 1 fully saturated rings. The third-order valence-electron chi connectivity index (χ3n) is 3.75. The molecular weight excluding hydrogens is 256 g/mol. The Morgan fingerprint density at radius 2 is 2.35 bits per heavy atom. The molecule has 1 saturated heterocycles. The first-order valence-electron chi connectivity index (χ1n) is 7.10. The quantitative estimate of drug-likeness (QED) is 0.661. The molecule has 1 aromatic rings. The lowest BCUT2D eigenvalue weighted by molar-refractivity contribution is -0.385. The van der Waals surface area contributed by atoms with Crippen molar-refractivity contribution < 1.29 is 4.92 Å². The lowest BCUT2D eigenvalue weighted by Crippen LogP contribution is -2.41. The van der Waals surface area contributed by atoms with Crippen molar-refractivity contribution in [3.8, 4) is 0 Å². The smallest absolute Gasteiger partial charge is 0.277 e. The van der Waals surface area contributed by atoms with Crippen molar-refractivity contribution in [1.82, 2.24) is 10.3 Å². The number of pyridine rings is 1. The minimum absolute atomic E-state index is 0.139. The highest BCUT2D eigenvalue weighted by atomic mass is 16.6. The zero-order valence-corrected chi connectivity index (χ0v) is 12.3. The van der Waals surface area contributed by atoms with Gasteiger partial charge in [0.2, 0.25) is 0 Å². The van der Waals surface area contributed by atoms with E-state index in [4.69, 9.17) is 0 Å². The Morgan fingerprint density at radius 1 is 1.60 bits per heavy atom. The Bertz CT molecular complexity index is 484. The summed E-state index contributed by atoms with van der Waals surface area (Å²) in [5.41, 5.74) is 0.737. The van der Waals surface area contributed by atoms with Crippen molar-refractivity contribution in [3.05, 3.63) is 27.9 Å². The van der Waals surface area contributed by atoms with E-state index in [1.807, 2.05) is 0 Å². The molecule has 0 aromatic carbocycles. The first-order chi connectivity index (χ1) is 9.49. The molecule has 0 spiro atoms. The molecule has 20 heavy (non-hydrogen) atoms. The maximum Gasteiger partial charge on any atom is 0.277 e. The number of rotatable bonds is 5. The zero-order chi connectivity index (χ0) is 14.7. The van der Waals surface area contributed by atoms with Gasteiger partial charge in [0.1, 0.15) is 5.82 Å². The van der Waals surface area contributed by atoms with Gasteiger partial charge in [0.25, 0.3) is 5.69 Å². The fourth-order valence-electron chi connectivity index (χ4n) is 2.58. The normalized spacial score (nSPS) is 18.5. The second kappa shape index (κ2) is 6.17. The molecule has 1 unspecified atom stereocenters. The predicted molar refractivity (Wildman–Crippen MR) is 79.1 cm³/mol. The highest BCUT2D eigenvalue weighted by Crippen LogP contribution is 2.24. The van der Waals surface area contributed by atoms with Crippen LogP contribution in [0.1, 0.15) is 32.3 Å². The van der Waals surface area contributed by atoms with Crippen LogP contribution >= 0.6 is 0 Å². The van der Waals surface area contributed by atoms with Crippen molar-refractivity contribution in [2.75, 3.05) is 18.0 Å². The largest absolute Gasteiger partial charge is 0.352 e. The van der Waals surface area contributed by atoms with Gasteiger partial charge in [0, 0.05) is 30.4 Å². The second-order valence-corrected chi connectivity index (χ2v) is 5.63. The van der Waals surface area contributed by atoms with Crippen LogP contribution in [0.4, 0.5) is 11.5 Å². The Balaban J connectivity index is 2.24. The summed E-state index contributed by atoms with van der Waals surface area (Å²) >= 11 is 0. The zero-order valence-electron chi connectivity index (χ0n) is 12.3. The predicted octanol–water partition coefficient (Wildman–Crippen LogP) is 2.27. The van der Waals surface area contributed by atoms with Crippen molar-refractivity contribution in [1.29, 1.82) is 0 Å². The topological polar surface area (TPSA) is 71.3 Å². The van der Waals surface area contributed by atoms with Crippen LogP contribution in [0.15, 0.2) is 12.3 Å². The molecule has 2 rings (SSSR count). The Labute approximate surface area is 119 Å². The number of aryl methyl sites for hydroxylation is 1. The average molecular weight is 278 g/mol. The third kappa shape index (κ3) is 3.25. The van der Waals surface area contributed by atoms with Crippen LogP contribution in [-0.2, 0) is 0 Å². The molecule has 1 aliphatic rings. The van der Waals surface area contributed by atoms with E-state index in [2.05, 4.69) is 29.0 Å². The standard InChI is InChI=1S/C14H22N4O2/c1-10(2)17(9-12-5-4-6-15-12)14-7-13(18(19)20)11(3)8-16-14/h7-8,10,12,15H,4-6,9H2,1-3H3. The van der Waals surface area contributed by atoms with Crippen LogP contribution < -0.4 is 10.2 Å². The van der Waals surface area contributed by atoms with E-state index in [1.54, 1.807) is 19.2 Å². The Hall–Kier alpha value is -1.69. The van der Waals surface area contributed by atoms with Gasteiger partial charge >= 0.3 is 0 Å². The van der Waals surface area contributed by atoms with Crippen molar-refractivity contribution in [3.63, 3.8) is 0 Å². The third-order valence-corrected chi connectivity index (χ3v) is 3.75. The van der Waals surface area contributed by atoms with E-state index in [0.29, 0.717) is 17.4 Å². The molecule has 1 atom stereocenters. The van der Waals surface area contributed by atoms with E-state index in [-0.39, 0.29) is 16.7 Å². The van der Waals surface area contributed by atoms with Crippen LogP contribution in [0.2, 0.25) is 0 Å². The highest BCUT2D eigenvalue weighted by molar-refractivity contribution is 5.51. The molecule has 110 valence electrons. The summed E-state index contributed by atoms with van der Waals surface area (Å²) < 4.78 is 0. The van der Waals surface area contributed by atoms with E-state index in [9.17, 15) is 10.1 Å². The SMILES string of the molecule is Cc1cnc(N(CC2CCCN2)C(C)C)cc1[N+](=O)[O-]. The number of hydrogen-bond donors (Lipinski definition) is 1. The van der Waals surface area contributed by atoms with Crippen molar-refractivity contribution >= 4 is 11.5 Å². The number of aromatic nitrogens is 1. The van der Waals surface area contributed by atoms with E-state index in [1.165, 1.54) is 6.42 Å². The Morgan fingerprint density at radius 3 is 2.90 bits per heavy atom. The molecule has 6 heteroatoms. The fraction of sp³-hybridized carbons (Fsp3) is 0.643. The van der Waals surface area contributed by atoms with Crippen molar-refractivity contribution in [2.24, 2.45) is 0 Å². The van der Waals surface area contributed by atoms with Gasteiger partial charge in [-0.05, 0) is 40.2 Å². The highest BCUT2D eigenvalue weighted by Gasteiger charge is 2.22. The Kier molecular flexibility index (Phi) is 4.54. The summed E-state index contributed by atoms with van der Waals surface area (Å²) in [6, 6.07) is 2.29. The molecule has 0 radical (unpaired) electrons. The average Bonchev–Trinajstić information content (AvgIpc) is 2.89. The van der Waals surface area contributed by atoms with Gasteiger partial charge in [-0.15, -0.1) is 0 Å². The summed E-state index contributed by atoms with van der Waals surface area (Å²) in [6.07, 6.45) is 3.93. The number of anilines is 1.